The van der Waals surface area contributed by atoms with E-state index in [1.807, 2.05) is 0 Å². The molecule has 0 spiro atoms. The predicted octanol–water partition coefficient (Wildman–Crippen LogP) is 0.887. The molecule has 4 nitrogen and oxygen atoms in total. The Morgan fingerprint density at radius 3 is 2.82 bits per heavy atom. The van der Waals surface area contributed by atoms with E-state index >= 15 is 0 Å². The normalized spacial score (nSPS) is 26.9. The van der Waals surface area contributed by atoms with Crippen LogP contribution in [0.25, 0.3) is 0 Å². The lowest BCUT2D eigenvalue weighted by molar-refractivity contribution is -0.0344. The number of thiocarbonyl (C=S) groups is 1. The molecule has 2 fully saturated rings. The van der Waals surface area contributed by atoms with Crippen LogP contribution in [0.1, 0.15) is 32.1 Å². The van der Waals surface area contributed by atoms with Crippen molar-refractivity contribution in [3.8, 4) is 0 Å². The minimum absolute atomic E-state index is 0.0720. The summed E-state index contributed by atoms with van der Waals surface area (Å²) in [7, 11) is 0. The maximum Gasteiger partial charge on any atom is 0.169 e. The second-order valence-electron chi connectivity index (χ2n) is 4.91. The van der Waals surface area contributed by atoms with E-state index in [0.29, 0.717) is 19.2 Å². The first-order chi connectivity index (χ1) is 8.29. The van der Waals surface area contributed by atoms with Crippen molar-refractivity contribution in [3.63, 3.8) is 0 Å². The van der Waals surface area contributed by atoms with Gasteiger partial charge in [0, 0.05) is 19.1 Å². The molecule has 0 bridgehead atoms. The Labute approximate surface area is 108 Å². The molecule has 1 atom stereocenters. The summed E-state index contributed by atoms with van der Waals surface area (Å²) in [5.74, 6) is 0. The van der Waals surface area contributed by atoms with Gasteiger partial charge in [-0.1, -0.05) is 19.3 Å². The topological polar surface area (TPSA) is 44.7 Å². The molecule has 1 aliphatic carbocycles. The monoisotopic (exact) mass is 258 g/mol. The summed E-state index contributed by atoms with van der Waals surface area (Å²) in [6, 6.07) is 0.548. The second kappa shape index (κ2) is 6.52. The first-order valence-electron chi connectivity index (χ1n) is 6.57. The Kier molecular flexibility index (Phi) is 5.00. The summed E-state index contributed by atoms with van der Waals surface area (Å²) >= 11 is 5.43. The van der Waals surface area contributed by atoms with Crippen LogP contribution in [0.5, 0.6) is 0 Å². The number of aliphatic hydroxyl groups excluding tert-OH is 1. The van der Waals surface area contributed by atoms with Crippen LogP contribution in [-0.4, -0.2) is 53.6 Å². The molecule has 1 saturated heterocycles. The fourth-order valence-corrected chi connectivity index (χ4v) is 2.86. The second-order valence-corrected chi connectivity index (χ2v) is 5.29. The molecular weight excluding hydrogens is 236 g/mol. The minimum atomic E-state index is -0.0881. The molecule has 2 N–H and O–H groups in total. The van der Waals surface area contributed by atoms with E-state index in [1.54, 1.807) is 0 Å². The first-order valence-corrected chi connectivity index (χ1v) is 6.98. The maximum atomic E-state index is 9.10. The molecule has 1 heterocycles. The van der Waals surface area contributed by atoms with Crippen LogP contribution in [0.2, 0.25) is 0 Å². The van der Waals surface area contributed by atoms with Crippen molar-refractivity contribution in [1.82, 2.24) is 10.2 Å². The van der Waals surface area contributed by atoms with Crippen molar-refractivity contribution >= 4 is 17.3 Å². The molecule has 98 valence electrons. The third kappa shape index (κ3) is 3.79. The van der Waals surface area contributed by atoms with Crippen molar-refractivity contribution in [2.24, 2.45) is 0 Å². The van der Waals surface area contributed by atoms with Crippen molar-refractivity contribution < 1.29 is 9.84 Å². The lowest BCUT2D eigenvalue weighted by Gasteiger charge is -2.36. The summed E-state index contributed by atoms with van der Waals surface area (Å²) in [4.78, 5) is 2.12. The number of ether oxygens (including phenoxy) is 1. The summed E-state index contributed by atoms with van der Waals surface area (Å²) in [6.45, 7) is 2.25. The van der Waals surface area contributed by atoms with E-state index in [4.69, 9.17) is 22.1 Å². The van der Waals surface area contributed by atoms with E-state index in [9.17, 15) is 0 Å². The predicted molar refractivity (Wildman–Crippen MR) is 71.0 cm³/mol. The van der Waals surface area contributed by atoms with E-state index in [-0.39, 0.29) is 12.7 Å². The molecule has 2 rings (SSSR count). The van der Waals surface area contributed by atoms with Crippen LogP contribution in [0.15, 0.2) is 0 Å². The molecule has 5 heteroatoms. The summed E-state index contributed by atoms with van der Waals surface area (Å²) in [5, 5.41) is 13.4. The highest BCUT2D eigenvalue weighted by Crippen LogP contribution is 2.18. The highest BCUT2D eigenvalue weighted by molar-refractivity contribution is 7.80. The van der Waals surface area contributed by atoms with Gasteiger partial charge in [0.15, 0.2) is 5.11 Å². The third-order valence-electron chi connectivity index (χ3n) is 3.56. The number of nitrogens with one attached hydrogen (secondary N) is 1. The van der Waals surface area contributed by atoms with Crippen LogP contribution in [0.3, 0.4) is 0 Å². The highest BCUT2D eigenvalue weighted by Gasteiger charge is 2.23. The molecule has 1 aliphatic heterocycles. The van der Waals surface area contributed by atoms with Crippen LogP contribution in [0.4, 0.5) is 0 Å². The van der Waals surface area contributed by atoms with Gasteiger partial charge in [-0.05, 0) is 25.1 Å². The SMILES string of the molecule is OCC1CN(C(=S)NC2CCCCC2)CCO1. The molecule has 0 aromatic heterocycles. The molecule has 17 heavy (non-hydrogen) atoms. The molecule has 0 amide bonds. The Balaban J connectivity index is 1.78. The van der Waals surface area contributed by atoms with Crippen LogP contribution < -0.4 is 5.32 Å². The summed E-state index contributed by atoms with van der Waals surface area (Å²) in [6.07, 6.45) is 6.34. The average Bonchev–Trinajstić information content (AvgIpc) is 2.40. The van der Waals surface area contributed by atoms with E-state index < -0.39 is 0 Å². The number of hydrogen-bond acceptors (Lipinski definition) is 3. The minimum Gasteiger partial charge on any atom is -0.394 e. The highest BCUT2D eigenvalue weighted by atomic mass is 32.1. The number of nitrogens with zero attached hydrogens (tertiary/aromatic N) is 1. The lowest BCUT2D eigenvalue weighted by atomic mass is 9.96. The number of rotatable bonds is 2. The standard InChI is InChI=1S/C12H22N2O2S/c15-9-11-8-14(6-7-16-11)12(17)13-10-4-2-1-3-5-10/h10-11,15H,1-9H2,(H,13,17). The lowest BCUT2D eigenvalue weighted by Crippen LogP contribution is -2.52. The molecule has 1 saturated carbocycles. The summed E-state index contributed by atoms with van der Waals surface area (Å²) < 4.78 is 5.42. The van der Waals surface area contributed by atoms with Crippen molar-refractivity contribution in [2.75, 3.05) is 26.3 Å². The third-order valence-corrected chi connectivity index (χ3v) is 3.94. The number of aliphatic hydroxyl groups is 1. The fraction of sp³-hybridized carbons (Fsp3) is 0.917. The van der Waals surface area contributed by atoms with Gasteiger partial charge in [0.05, 0.1) is 19.3 Å². The largest absolute Gasteiger partial charge is 0.394 e. The van der Waals surface area contributed by atoms with Gasteiger partial charge in [-0.2, -0.15) is 0 Å². The van der Waals surface area contributed by atoms with Gasteiger partial charge in [0.25, 0.3) is 0 Å². The van der Waals surface area contributed by atoms with E-state index in [1.165, 1.54) is 32.1 Å². The van der Waals surface area contributed by atoms with Gasteiger partial charge in [-0.3, -0.25) is 0 Å². The van der Waals surface area contributed by atoms with Crippen LogP contribution in [0, 0.1) is 0 Å². The number of hydrogen-bond donors (Lipinski definition) is 2. The van der Waals surface area contributed by atoms with Gasteiger partial charge in [-0.25, -0.2) is 0 Å². The molecule has 0 aromatic carbocycles. The van der Waals surface area contributed by atoms with Gasteiger partial charge >= 0.3 is 0 Å². The Morgan fingerprint density at radius 2 is 2.12 bits per heavy atom. The molecular formula is C12H22N2O2S. The number of morpholine rings is 1. The van der Waals surface area contributed by atoms with Crippen molar-refractivity contribution in [3.05, 3.63) is 0 Å². The van der Waals surface area contributed by atoms with Gasteiger partial charge < -0.3 is 20.1 Å². The molecule has 0 aromatic rings. The van der Waals surface area contributed by atoms with Crippen molar-refractivity contribution in [2.45, 2.75) is 44.2 Å². The van der Waals surface area contributed by atoms with Gasteiger partial charge in [-0.15, -0.1) is 0 Å². The maximum absolute atomic E-state index is 9.10. The Bertz CT molecular complexity index is 257. The quantitative estimate of drug-likeness (QED) is 0.720. The van der Waals surface area contributed by atoms with Crippen LogP contribution >= 0.6 is 12.2 Å². The zero-order valence-electron chi connectivity index (χ0n) is 10.2. The molecule has 2 aliphatic rings. The Morgan fingerprint density at radius 1 is 1.35 bits per heavy atom. The first kappa shape index (κ1) is 13.1. The smallest absolute Gasteiger partial charge is 0.169 e. The van der Waals surface area contributed by atoms with Gasteiger partial charge in [0.2, 0.25) is 0 Å². The zero-order chi connectivity index (χ0) is 12.1. The van der Waals surface area contributed by atoms with Crippen LogP contribution in [-0.2, 0) is 4.74 Å². The van der Waals surface area contributed by atoms with Gasteiger partial charge in [0.1, 0.15) is 0 Å². The zero-order valence-corrected chi connectivity index (χ0v) is 11.0. The summed E-state index contributed by atoms with van der Waals surface area (Å²) in [5.41, 5.74) is 0. The molecule has 0 radical (unpaired) electrons. The van der Waals surface area contributed by atoms with E-state index in [2.05, 4.69) is 10.2 Å². The van der Waals surface area contributed by atoms with E-state index in [0.717, 1.165) is 11.7 Å². The average molecular weight is 258 g/mol. The Hall–Kier alpha value is -0.390. The molecule has 1 unspecified atom stereocenters. The van der Waals surface area contributed by atoms with Crippen molar-refractivity contribution in [1.29, 1.82) is 0 Å². The fourth-order valence-electron chi connectivity index (χ4n) is 2.53.